The summed E-state index contributed by atoms with van der Waals surface area (Å²) in [5, 5.41) is 13.2. The predicted octanol–water partition coefficient (Wildman–Crippen LogP) is 3.51. The summed E-state index contributed by atoms with van der Waals surface area (Å²) < 4.78 is 5.12. The highest BCUT2D eigenvalue weighted by Gasteiger charge is 2.28. The smallest absolute Gasteiger partial charge is 0.153 e. The summed E-state index contributed by atoms with van der Waals surface area (Å²) in [6, 6.07) is 2.20. The minimum Gasteiger partial charge on any atom is -0.361 e. The van der Waals surface area contributed by atoms with E-state index in [-0.39, 0.29) is 11.7 Å². The lowest BCUT2D eigenvalue weighted by Gasteiger charge is -2.22. The molecule has 0 N–H and O–H groups in total. The number of nitriles is 1. The Balaban J connectivity index is 1.95. The van der Waals surface area contributed by atoms with E-state index in [1.54, 1.807) is 0 Å². The predicted molar refractivity (Wildman–Crippen MR) is 75.0 cm³/mol. The van der Waals surface area contributed by atoms with Gasteiger partial charge in [0.05, 0.1) is 11.8 Å². The van der Waals surface area contributed by atoms with E-state index in [9.17, 15) is 10.1 Å². The van der Waals surface area contributed by atoms with Gasteiger partial charge >= 0.3 is 0 Å². The van der Waals surface area contributed by atoms with E-state index in [0.29, 0.717) is 12.8 Å². The Morgan fingerprint density at radius 2 is 2.10 bits per heavy atom. The molecule has 1 fully saturated rings. The second-order valence-corrected chi connectivity index (χ2v) is 5.76. The van der Waals surface area contributed by atoms with Crippen LogP contribution in [0.3, 0.4) is 0 Å². The lowest BCUT2D eigenvalue weighted by atomic mass is 9.80. The Hall–Kier alpha value is -1.63. The van der Waals surface area contributed by atoms with Crippen molar-refractivity contribution in [3.8, 4) is 6.07 Å². The van der Waals surface area contributed by atoms with E-state index >= 15 is 0 Å². The maximum atomic E-state index is 12.4. The molecule has 0 bridgehead atoms. The van der Waals surface area contributed by atoms with E-state index in [0.717, 1.165) is 42.7 Å². The third-order valence-electron chi connectivity index (χ3n) is 4.37. The zero-order chi connectivity index (χ0) is 14.5. The molecule has 4 heteroatoms. The van der Waals surface area contributed by atoms with Gasteiger partial charge in [-0.3, -0.25) is 4.79 Å². The van der Waals surface area contributed by atoms with Crippen molar-refractivity contribution in [1.82, 2.24) is 5.16 Å². The first kappa shape index (κ1) is 14.8. The molecule has 1 atom stereocenters. The Bertz CT molecular complexity index is 488. The first-order chi connectivity index (χ1) is 9.63. The average molecular weight is 274 g/mol. The molecule has 20 heavy (non-hydrogen) atoms. The van der Waals surface area contributed by atoms with Gasteiger partial charge in [0, 0.05) is 11.5 Å². The number of carbonyl (C=O) groups is 1. The number of hydrogen-bond acceptors (Lipinski definition) is 4. The van der Waals surface area contributed by atoms with Crippen LogP contribution in [0.1, 0.15) is 55.5 Å². The number of Topliss-reactive ketones (excluding diaryl/α,β-unsaturated/α-hetero) is 1. The molecule has 0 aliphatic heterocycles. The van der Waals surface area contributed by atoms with Crippen LogP contribution in [-0.4, -0.2) is 10.9 Å². The summed E-state index contributed by atoms with van der Waals surface area (Å²) >= 11 is 0. The molecule has 1 aromatic rings. The van der Waals surface area contributed by atoms with E-state index in [4.69, 9.17) is 4.52 Å². The fourth-order valence-electron chi connectivity index (χ4n) is 3.09. The van der Waals surface area contributed by atoms with Gasteiger partial charge in [0.1, 0.15) is 11.7 Å². The van der Waals surface area contributed by atoms with Gasteiger partial charge in [-0.15, -0.1) is 0 Å². The summed E-state index contributed by atoms with van der Waals surface area (Å²) in [5.41, 5.74) is 1.91. The van der Waals surface area contributed by atoms with E-state index in [2.05, 4.69) is 11.2 Å². The molecule has 1 aromatic heterocycles. The monoisotopic (exact) mass is 274 g/mol. The molecule has 0 saturated heterocycles. The summed E-state index contributed by atoms with van der Waals surface area (Å²) in [6.07, 6.45) is 6.66. The quantitative estimate of drug-likeness (QED) is 0.824. The van der Waals surface area contributed by atoms with Gasteiger partial charge in [-0.25, -0.2) is 0 Å². The van der Waals surface area contributed by atoms with Crippen LogP contribution in [0.25, 0.3) is 0 Å². The first-order valence-corrected chi connectivity index (χ1v) is 7.48. The van der Waals surface area contributed by atoms with Gasteiger partial charge in [-0.2, -0.15) is 5.26 Å². The topological polar surface area (TPSA) is 66.9 Å². The van der Waals surface area contributed by atoms with Crippen molar-refractivity contribution in [2.75, 3.05) is 0 Å². The summed E-state index contributed by atoms with van der Waals surface area (Å²) in [6.45, 7) is 3.77. The molecule has 4 nitrogen and oxygen atoms in total. The van der Waals surface area contributed by atoms with Gasteiger partial charge in [0.2, 0.25) is 0 Å². The number of rotatable bonds is 5. The fourth-order valence-corrected chi connectivity index (χ4v) is 3.09. The van der Waals surface area contributed by atoms with Gasteiger partial charge in [0.15, 0.2) is 5.78 Å². The first-order valence-electron chi connectivity index (χ1n) is 7.48. The fraction of sp³-hybridized carbons (Fsp3) is 0.688. The molecule has 0 aromatic carbocycles. The zero-order valence-electron chi connectivity index (χ0n) is 12.3. The van der Waals surface area contributed by atoms with Crippen molar-refractivity contribution in [3.05, 3.63) is 17.0 Å². The number of aromatic nitrogens is 1. The van der Waals surface area contributed by atoms with E-state index < -0.39 is 5.92 Å². The molecule has 108 valence electrons. The summed E-state index contributed by atoms with van der Waals surface area (Å²) in [5.74, 6) is 0.577. The molecule has 1 heterocycles. The molecule has 1 unspecified atom stereocenters. The number of hydrogen-bond donors (Lipinski definition) is 0. The Labute approximate surface area is 120 Å². The minimum absolute atomic E-state index is 0.109. The lowest BCUT2D eigenvalue weighted by molar-refractivity contribution is -0.126. The third kappa shape index (κ3) is 3.27. The Morgan fingerprint density at radius 3 is 2.65 bits per heavy atom. The maximum Gasteiger partial charge on any atom is 0.153 e. The molecule has 2 rings (SSSR count). The highest BCUT2D eigenvalue weighted by molar-refractivity contribution is 5.85. The molecule has 0 amide bonds. The average Bonchev–Trinajstić information content (AvgIpc) is 2.80. The molecular weight excluding hydrogens is 252 g/mol. The Kier molecular flexibility index (Phi) is 4.94. The van der Waals surface area contributed by atoms with Gasteiger partial charge in [-0.1, -0.05) is 24.4 Å². The molecule has 0 radical (unpaired) electrons. The molecule has 1 saturated carbocycles. The van der Waals surface area contributed by atoms with Crippen molar-refractivity contribution in [3.63, 3.8) is 0 Å². The number of carbonyl (C=O) groups excluding carboxylic acids is 1. The van der Waals surface area contributed by atoms with Gasteiger partial charge < -0.3 is 4.52 Å². The molecule has 0 spiro atoms. The second kappa shape index (κ2) is 6.69. The number of aryl methyl sites for hydroxylation is 2. The van der Waals surface area contributed by atoms with Crippen LogP contribution in [0.5, 0.6) is 0 Å². The van der Waals surface area contributed by atoms with Crippen molar-refractivity contribution in [2.45, 2.75) is 58.8 Å². The SMILES string of the molecule is Cc1noc(C)c1CCC(C#N)C(=O)C1CCCCC1. The lowest BCUT2D eigenvalue weighted by Crippen LogP contribution is -2.25. The van der Waals surface area contributed by atoms with Crippen LogP contribution in [0.2, 0.25) is 0 Å². The zero-order valence-corrected chi connectivity index (χ0v) is 12.3. The Morgan fingerprint density at radius 1 is 1.40 bits per heavy atom. The van der Waals surface area contributed by atoms with Crippen LogP contribution in [0.15, 0.2) is 4.52 Å². The minimum atomic E-state index is -0.480. The number of nitrogens with zero attached hydrogens (tertiary/aromatic N) is 2. The van der Waals surface area contributed by atoms with Crippen LogP contribution in [-0.2, 0) is 11.2 Å². The van der Waals surface area contributed by atoms with E-state index in [1.165, 1.54) is 6.42 Å². The van der Waals surface area contributed by atoms with E-state index in [1.807, 2.05) is 13.8 Å². The molecule has 1 aliphatic carbocycles. The second-order valence-electron chi connectivity index (χ2n) is 5.76. The third-order valence-corrected chi connectivity index (χ3v) is 4.37. The van der Waals surface area contributed by atoms with Crippen LogP contribution >= 0.6 is 0 Å². The van der Waals surface area contributed by atoms with Crippen molar-refractivity contribution < 1.29 is 9.32 Å². The van der Waals surface area contributed by atoms with Gasteiger partial charge in [-0.05, 0) is 39.5 Å². The maximum absolute atomic E-state index is 12.4. The van der Waals surface area contributed by atoms with Crippen molar-refractivity contribution in [1.29, 1.82) is 5.26 Å². The van der Waals surface area contributed by atoms with Crippen molar-refractivity contribution >= 4 is 5.78 Å². The summed E-state index contributed by atoms with van der Waals surface area (Å²) in [4.78, 5) is 12.4. The normalized spacial score (nSPS) is 17.6. The highest BCUT2D eigenvalue weighted by Crippen LogP contribution is 2.28. The van der Waals surface area contributed by atoms with Gasteiger partial charge in [0.25, 0.3) is 0 Å². The van der Waals surface area contributed by atoms with Crippen LogP contribution in [0.4, 0.5) is 0 Å². The standard InChI is InChI=1S/C16H22N2O2/c1-11-15(12(2)20-18-11)9-8-14(10-17)16(19)13-6-4-3-5-7-13/h13-14H,3-9H2,1-2H3. The summed E-state index contributed by atoms with van der Waals surface area (Å²) in [7, 11) is 0. The largest absolute Gasteiger partial charge is 0.361 e. The highest BCUT2D eigenvalue weighted by atomic mass is 16.5. The van der Waals surface area contributed by atoms with Crippen LogP contribution in [0, 0.1) is 37.0 Å². The number of ketones is 1. The molecule has 1 aliphatic rings. The van der Waals surface area contributed by atoms with Crippen molar-refractivity contribution in [2.24, 2.45) is 11.8 Å². The van der Waals surface area contributed by atoms with Crippen LogP contribution < -0.4 is 0 Å². The molecular formula is C16H22N2O2.